The van der Waals surface area contributed by atoms with Crippen LogP contribution >= 0.6 is 0 Å². The Balaban J connectivity index is 0.000000207. The lowest BCUT2D eigenvalue weighted by molar-refractivity contribution is -0.154. The van der Waals surface area contributed by atoms with E-state index in [-0.39, 0.29) is 30.1 Å². The van der Waals surface area contributed by atoms with Crippen LogP contribution in [-0.4, -0.2) is 22.2 Å². The molecule has 0 radical (unpaired) electrons. The molecule has 0 saturated carbocycles. The minimum atomic E-state index is -0.874. The van der Waals surface area contributed by atoms with Gasteiger partial charge in [0.1, 0.15) is 17.7 Å². The van der Waals surface area contributed by atoms with Crippen LogP contribution in [0, 0.1) is 11.6 Å². The van der Waals surface area contributed by atoms with Gasteiger partial charge >= 0.3 is 11.9 Å². The molecule has 29 heavy (non-hydrogen) atoms. The van der Waals surface area contributed by atoms with Gasteiger partial charge < -0.3 is 14.9 Å². The molecule has 0 aromatic heterocycles. The molecule has 2 aromatic rings. The van der Waals surface area contributed by atoms with E-state index in [1.54, 1.807) is 12.1 Å². The van der Waals surface area contributed by atoms with Crippen LogP contribution in [0.1, 0.15) is 61.9 Å². The van der Waals surface area contributed by atoms with Gasteiger partial charge in [0, 0.05) is 12.8 Å². The second-order valence-electron chi connectivity index (χ2n) is 6.78. The number of carbonyl (C=O) groups is 2. The average molecular weight is 406 g/mol. The van der Waals surface area contributed by atoms with Crippen LogP contribution in [-0.2, 0) is 14.3 Å². The maximum absolute atomic E-state index is 12.6. The summed E-state index contributed by atoms with van der Waals surface area (Å²) >= 11 is 0. The van der Waals surface area contributed by atoms with Crippen molar-refractivity contribution in [3.05, 3.63) is 71.3 Å². The minimum Gasteiger partial charge on any atom is -0.481 e. The van der Waals surface area contributed by atoms with Crippen molar-refractivity contribution in [1.29, 1.82) is 0 Å². The number of ether oxygens (including phenoxy) is 1. The normalized spacial score (nSPS) is 16.9. The molecule has 0 amide bonds. The summed E-state index contributed by atoms with van der Waals surface area (Å²) < 4.78 is 30.3. The van der Waals surface area contributed by atoms with E-state index >= 15 is 0 Å². The summed E-state index contributed by atoms with van der Waals surface area (Å²) in [4.78, 5) is 21.2. The van der Waals surface area contributed by atoms with Crippen molar-refractivity contribution in [2.75, 3.05) is 0 Å². The lowest BCUT2D eigenvalue weighted by Crippen LogP contribution is -2.16. The van der Waals surface area contributed by atoms with Gasteiger partial charge in [-0.25, -0.2) is 8.78 Å². The highest BCUT2D eigenvalue weighted by atomic mass is 19.1. The lowest BCUT2D eigenvalue weighted by Gasteiger charge is -2.22. The molecule has 1 fully saturated rings. The summed E-state index contributed by atoms with van der Waals surface area (Å²) in [5.41, 5.74) is 1.49. The second-order valence-corrected chi connectivity index (χ2v) is 6.78. The minimum absolute atomic E-state index is 0.0399. The number of aliphatic hydroxyl groups excluding tert-OH is 1. The zero-order valence-electron chi connectivity index (χ0n) is 15.9. The van der Waals surface area contributed by atoms with Gasteiger partial charge in [-0.05, 0) is 61.1 Å². The van der Waals surface area contributed by atoms with E-state index in [0.717, 1.165) is 18.4 Å². The number of esters is 1. The third-order valence-corrected chi connectivity index (χ3v) is 4.49. The Bertz CT molecular complexity index is 790. The van der Waals surface area contributed by atoms with Crippen LogP contribution < -0.4 is 0 Å². The summed E-state index contributed by atoms with van der Waals surface area (Å²) in [6, 6.07) is 11.7. The van der Waals surface area contributed by atoms with E-state index in [0.29, 0.717) is 24.8 Å². The van der Waals surface area contributed by atoms with E-state index in [9.17, 15) is 23.5 Å². The summed E-state index contributed by atoms with van der Waals surface area (Å²) in [6.45, 7) is 0. The number of cyclic esters (lactones) is 1. The van der Waals surface area contributed by atoms with Crippen LogP contribution in [0.25, 0.3) is 0 Å². The van der Waals surface area contributed by atoms with Gasteiger partial charge in [-0.15, -0.1) is 0 Å². The van der Waals surface area contributed by atoms with E-state index in [2.05, 4.69) is 0 Å². The van der Waals surface area contributed by atoms with Crippen LogP contribution in [0.15, 0.2) is 48.5 Å². The predicted octanol–water partition coefficient (Wildman–Crippen LogP) is 4.71. The van der Waals surface area contributed by atoms with Crippen molar-refractivity contribution in [3.8, 4) is 0 Å². The molecule has 3 rings (SSSR count). The summed E-state index contributed by atoms with van der Waals surface area (Å²) in [6.07, 6.45) is 2.10. The summed E-state index contributed by atoms with van der Waals surface area (Å²) in [5, 5.41) is 18.0. The molecule has 156 valence electrons. The van der Waals surface area contributed by atoms with Crippen LogP contribution in [0.3, 0.4) is 0 Å². The maximum Gasteiger partial charge on any atom is 0.306 e. The number of aliphatic carboxylic acids is 1. The molecular formula is C22H24F2O5. The van der Waals surface area contributed by atoms with Gasteiger partial charge in [-0.3, -0.25) is 9.59 Å². The zero-order valence-corrected chi connectivity index (χ0v) is 15.9. The number of aliphatic hydroxyl groups is 1. The zero-order chi connectivity index (χ0) is 21.2. The fraction of sp³-hybridized carbons (Fsp3) is 0.364. The van der Waals surface area contributed by atoms with Gasteiger partial charge in [0.15, 0.2) is 0 Å². The Labute approximate surface area is 167 Å². The molecule has 0 spiro atoms. The molecule has 0 aliphatic carbocycles. The average Bonchev–Trinajstić information content (AvgIpc) is 2.69. The van der Waals surface area contributed by atoms with Gasteiger partial charge in [0.25, 0.3) is 0 Å². The molecule has 2 atom stereocenters. The number of halogens is 2. The fourth-order valence-electron chi connectivity index (χ4n) is 2.92. The number of carbonyl (C=O) groups excluding carboxylic acids is 1. The standard InChI is InChI=1S/C11H13FO3.C11H11FO2/c12-9-6-4-8(5-7-9)10(13)2-1-3-11(14)15;12-9-6-4-8(5-7-9)10-2-1-3-11(13)14-10/h4-7,10,13H,1-3H2,(H,14,15);4-7,10H,1-3H2. The molecule has 1 aliphatic heterocycles. The smallest absolute Gasteiger partial charge is 0.306 e. The summed E-state index contributed by atoms with van der Waals surface area (Å²) in [7, 11) is 0. The number of rotatable bonds is 6. The molecule has 1 saturated heterocycles. The number of hydrogen-bond donors (Lipinski definition) is 2. The maximum atomic E-state index is 12.6. The van der Waals surface area contributed by atoms with Crippen molar-refractivity contribution in [1.82, 2.24) is 0 Å². The largest absolute Gasteiger partial charge is 0.481 e. The fourth-order valence-corrected chi connectivity index (χ4v) is 2.92. The Morgan fingerprint density at radius 1 is 1.07 bits per heavy atom. The molecule has 2 unspecified atom stereocenters. The Hall–Kier alpha value is -2.80. The monoisotopic (exact) mass is 406 g/mol. The van der Waals surface area contributed by atoms with Crippen molar-refractivity contribution < 1.29 is 33.3 Å². The molecule has 7 heteroatoms. The van der Waals surface area contributed by atoms with Gasteiger partial charge in [0.05, 0.1) is 6.10 Å². The molecule has 2 aromatic carbocycles. The molecule has 2 N–H and O–H groups in total. The third kappa shape index (κ3) is 7.99. The molecule has 1 heterocycles. The van der Waals surface area contributed by atoms with Gasteiger partial charge in [0.2, 0.25) is 0 Å². The highest BCUT2D eigenvalue weighted by Gasteiger charge is 2.21. The van der Waals surface area contributed by atoms with Gasteiger partial charge in [-0.1, -0.05) is 24.3 Å². The van der Waals surface area contributed by atoms with Crippen LogP contribution in [0.5, 0.6) is 0 Å². The highest BCUT2D eigenvalue weighted by molar-refractivity contribution is 5.70. The number of carboxylic acids is 1. The topological polar surface area (TPSA) is 83.8 Å². The van der Waals surface area contributed by atoms with E-state index in [1.807, 2.05) is 0 Å². The number of carboxylic acid groups (broad SMARTS) is 1. The first-order chi connectivity index (χ1) is 13.8. The SMILES string of the molecule is O=C(O)CCCC(O)c1ccc(F)cc1.O=C1CCCC(c2ccc(F)cc2)O1. The first-order valence-corrected chi connectivity index (χ1v) is 9.45. The molecular weight excluding hydrogens is 382 g/mol. The Kier molecular flexibility index (Phi) is 8.73. The van der Waals surface area contributed by atoms with Crippen molar-refractivity contribution >= 4 is 11.9 Å². The van der Waals surface area contributed by atoms with Crippen LogP contribution in [0.4, 0.5) is 8.78 Å². The summed E-state index contributed by atoms with van der Waals surface area (Å²) in [5.74, 6) is -1.65. The van der Waals surface area contributed by atoms with Crippen molar-refractivity contribution in [2.24, 2.45) is 0 Å². The number of hydrogen-bond acceptors (Lipinski definition) is 4. The molecule has 0 bridgehead atoms. The third-order valence-electron chi connectivity index (χ3n) is 4.49. The van der Waals surface area contributed by atoms with Crippen LogP contribution in [0.2, 0.25) is 0 Å². The van der Waals surface area contributed by atoms with E-state index < -0.39 is 12.1 Å². The highest BCUT2D eigenvalue weighted by Crippen LogP contribution is 2.28. The molecule has 5 nitrogen and oxygen atoms in total. The van der Waals surface area contributed by atoms with Crippen molar-refractivity contribution in [3.63, 3.8) is 0 Å². The second kappa shape index (κ2) is 11.3. The Morgan fingerprint density at radius 3 is 2.21 bits per heavy atom. The molecule has 1 aliphatic rings. The Morgan fingerprint density at radius 2 is 1.66 bits per heavy atom. The lowest BCUT2D eigenvalue weighted by atomic mass is 10.0. The van der Waals surface area contributed by atoms with E-state index in [1.165, 1.54) is 36.4 Å². The first-order valence-electron chi connectivity index (χ1n) is 9.45. The van der Waals surface area contributed by atoms with E-state index in [4.69, 9.17) is 9.84 Å². The van der Waals surface area contributed by atoms with Crippen molar-refractivity contribution in [2.45, 2.75) is 50.7 Å². The number of benzene rings is 2. The first kappa shape index (κ1) is 22.5. The van der Waals surface area contributed by atoms with Gasteiger partial charge in [-0.2, -0.15) is 0 Å². The quantitative estimate of drug-likeness (QED) is 0.679. The predicted molar refractivity (Wildman–Crippen MR) is 102 cm³/mol.